The first kappa shape index (κ1) is 23.7. The molecule has 0 aliphatic carbocycles. The van der Waals surface area contributed by atoms with Crippen LogP contribution in [0.2, 0.25) is 3.43 Å². The summed E-state index contributed by atoms with van der Waals surface area (Å²) in [6, 6.07) is 0. The molecule has 0 bridgehead atoms. The van der Waals surface area contributed by atoms with E-state index in [1.54, 1.807) is 0 Å². The Morgan fingerprint density at radius 3 is 1.09 bits per heavy atom. The molecule has 140 valence electrons. The van der Waals surface area contributed by atoms with Gasteiger partial charge in [-0.3, -0.25) is 0 Å². The number of rotatable bonds is 15. The topological polar surface area (TPSA) is 27.7 Å². The molecule has 0 atom stereocenters. The summed E-state index contributed by atoms with van der Waals surface area (Å²) in [6.45, 7) is 15.8. The van der Waals surface area contributed by atoms with E-state index in [0.29, 0.717) is 0 Å². The van der Waals surface area contributed by atoms with Crippen LogP contribution in [0.5, 0.6) is 0 Å². The quantitative estimate of drug-likeness (QED) is 0.221. The van der Waals surface area contributed by atoms with E-state index in [9.17, 15) is 0 Å². The minimum absolute atomic E-state index is 0.000671. The number of hydrogen-bond donors (Lipinski definition) is 0. The Labute approximate surface area is 151 Å². The van der Waals surface area contributed by atoms with Crippen LogP contribution in [0.25, 0.3) is 0 Å². The molecule has 3 nitrogen and oxygen atoms in total. The van der Waals surface area contributed by atoms with Crippen molar-refractivity contribution in [3.8, 4) is 0 Å². The van der Waals surface area contributed by atoms with E-state index in [4.69, 9.17) is 9.22 Å². The zero-order valence-corrected chi connectivity index (χ0v) is 19.6. The van der Waals surface area contributed by atoms with Crippen LogP contribution in [-0.2, 0) is 9.22 Å². The first-order valence-corrected chi connectivity index (χ1v) is 14.8. The van der Waals surface area contributed by atoms with E-state index in [1.165, 1.54) is 38.5 Å². The van der Waals surface area contributed by atoms with E-state index in [0.717, 1.165) is 39.1 Å². The molecule has 0 radical (unpaired) electrons. The molecule has 0 aliphatic heterocycles. The molecule has 0 saturated carbocycles. The maximum atomic E-state index is 6.42. The maximum absolute atomic E-state index is 6.42. The molecule has 4 heteroatoms. The minimum atomic E-state index is -3.53. The third-order valence-corrected chi connectivity index (χ3v) is 14.3. The molecular formula is C19H42O3Sn. The summed E-state index contributed by atoms with van der Waals surface area (Å²) in [4.78, 5) is 0. The van der Waals surface area contributed by atoms with E-state index < -0.39 is 19.6 Å². The summed E-state index contributed by atoms with van der Waals surface area (Å²) in [6.07, 6.45) is 10.7. The second-order valence-electron chi connectivity index (χ2n) is 7.47. The van der Waals surface area contributed by atoms with Gasteiger partial charge in [0.15, 0.2) is 0 Å². The van der Waals surface area contributed by atoms with Crippen LogP contribution in [-0.4, -0.2) is 39.4 Å². The third kappa shape index (κ3) is 10.3. The second kappa shape index (κ2) is 13.9. The molecule has 0 aliphatic rings. The van der Waals surface area contributed by atoms with Gasteiger partial charge < -0.3 is 0 Å². The average Bonchev–Trinajstić information content (AvgIpc) is 2.50. The summed E-state index contributed by atoms with van der Waals surface area (Å²) in [5.74, 6) is 0. The van der Waals surface area contributed by atoms with Gasteiger partial charge in [-0.15, -0.1) is 0 Å². The van der Waals surface area contributed by atoms with Gasteiger partial charge in [-0.05, 0) is 0 Å². The van der Waals surface area contributed by atoms with Crippen molar-refractivity contribution in [2.45, 2.75) is 103 Å². The van der Waals surface area contributed by atoms with Gasteiger partial charge in [0.1, 0.15) is 0 Å². The fraction of sp³-hybridized carbons (Fsp3) is 1.00. The SMILES string of the molecule is CCCCC[O][Sn]([O]CCCCC)([O]CCCCC)[C](C)(C)C. The summed E-state index contributed by atoms with van der Waals surface area (Å²) >= 11 is -3.53. The van der Waals surface area contributed by atoms with E-state index in [-0.39, 0.29) is 3.43 Å². The molecule has 0 rings (SSSR count). The standard InChI is InChI=1S/3C5H11O.C4H9.Sn/c3*1-2-3-4-5-6;1-4(2)3;/h3*2-5H2,1H3;1-3H3;/q3*-1;;+3. The van der Waals surface area contributed by atoms with E-state index in [1.807, 2.05) is 0 Å². The Morgan fingerprint density at radius 2 is 0.870 bits per heavy atom. The van der Waals surface area contributed by atoms with Crippen LogP contribution in [0, 0.1) is 0 Å². The molecule has 0 fully saturated rings. The van der Waals surface area contributed by atoms with Gasteiger partial charge in [-0.1, -0.05) is 0 Å². The molecule has 0 unspecified atom stereocenters. The monoisotopic (exact) mass is 438 g/mol. The van der Waals surface area contributed by atoms with Crippen LogP contribution in [0.1, 0.15) is 99.3 Å². The van der Waals surface area contributed by atoms with Crippen LogP contribution in [0.15, 0.2) is 0 Å². The predicted octanol–water partition coefficient (Wildman–Crippen LogP) is 6.35. The first-order chi connectivity index (χ1) is 10.9. The summed E-state index contributed by atoms with van der Waals surface area (Å²) in [5.41, 5.74) is 0. The number of hydrogen-bond acceptors (Lipinski definition) is 3. The van der Waals surface area contributed by atoms with E-state index >= 15 is 0 Å². The molecule has 0 aromatic carbocycles. The zero-order chi connectivity index (χ0) is 17.6. The Balaban J connectivity index is 4.74. The average molecular weight is 437 g/mol. The van der Waals surface area contributed by atoms with Gasteiger partial charge in [-0.2, -0.15) is 0 Å². The van der Waals surface area contributed by atoms with Crippen LogP contribution >= 0.6 is 0 Å². The van der Waals surface area contributed by atoms with Crippen molar-refractivity contribution in [1.82, 2.24) is 0 Å². The van der Waals surface area contributed by atoms with Crippen LogP contribution in [0.4, 0.5) is 0 Å². The molecule has 0 saturated heterocycles. The van der Waals surface area contributed by atoms with Gasteiger partial charge in [0.05, 0.1) is 0 Å². The van der Waals surface area contributed by atoms with E-state index in [2.05, 4.69) is 41.5 Å². The summed E-state index contributed by atoms with van der Waals surface area (Å²) in [7, 11) is 0. The zero-order valence-electron chi connectivity index (χ0n) is 16.7. The molecule has 0 heterocycles. The second-order valence-corrected chi connectivity index (χ2v) is 17.4. The fourth-order valence-corrected chi connectivity index (χ4v) is 10.4. The van der Waals surface area contributed by atoms with Gasteiger partial charge in [-0.25, -0.2) is 0 Å². The normalized spacial score (nSPS) is 12.8. The van der Waals surface area contributed by atoms with Gasteiger partial charge in [0.25, 0.3) is 0 Å². The van der Waals surface area contributed by atoms with Crippen molar-refractivity contribution in [1.29, 1.82) is 0 Å². The molecule has 0 amide bonds. The van der Waals surface area contributed by atoms with Gasteiger partial charge in [0.2, 0.25) is 0 Å². The summed E-state index contributed by atoms with van der Waals surface area (Å²) in [5, 5.41) is 0. The predicted molar refractivity (Wildman–Crippen MR) is 102 cm³/mol. The first-order valence-electron chi connectivity index (χ1n) is 9.85. The molecule has 0 spiro atoms. The Morgan fingerprint density at radius 1 is 0.565 bits per heavy atom. The fourth-order valence-electron chi connectivity index (χ4n) is 2.45. The molecule has 0 aromatic rings. The van der Waals surface area contributed by atoms with Gasteiger partial charge >= 0.3 is 151 Å². The van der Waals surface area contributed by atoms with Crippen molar-refractivity contribution >= 4 is 19.6 Å². The molecule has 0 aromatic heterocycles. The molecular weight excluding hydrogens is 395 g/mol. The van der Waals surface area contributed by atoms with Crippen molar-refractivity contribution in [2.75, 3.05) is 19.8 Å². The van der Waals surface area contributed by atoms with Crippen molar-refractivity contribution in [3.63, 3.8) is 0 Å². The van der Waals surface area contributed by atoms with Crippen LogP contribution in [0.3, 0.4) is 0 Å². The van der Waals surface area contributed by atoms with Crippen molar-refractivity contribution < 1.29 is 9.22 Å². The molecule has 23 heavy (non-hydrogen) atoms. The van der Waals surface area contributed by atoms with Crippen molar-refractivity contribution in [3.05, 3.63) is 0 Å². The number of unbranched alkanes of at least 4 members (excludes halogenated alkanes) is 6. The summed E-state index contributed by atoms with van der Waals surface area (Å²) < 4.78 is 19.3. The van der Waals surface area contributed by atoms with Crippen molar-refractivity contribution in [2.24, 2.45) is 0 Å². The Kier molecular flexibility index (Phi) is 14.3. The van der Waals surface area contributed by atoms with Gasteiger partial charge in [0, 0.05) is 0 Å². The third-order valence-electron chi connectivity index (χ3n) is 4.04. The Hall–Kier alpha value is 0.679. The van der Waals surface area contributed by atoms with Crippen LogP contribution < -0.4 is 0 Å². The Bertz CT molecular complexity index is 233. The molecule has 0 N–H and O–H groups in total.